The van der Waals surface area contributed by atoms with Gasteiger partial charge in [-0.25, -0.2) is 0 Å². The van der Waals surface area contributed by atoms with E-state index >= 15 is 0 Å². The van der Waals surface area contributed by atoms with Crippen molar-refractivity contribution in [2.45, 2.75) is 13.0 Å². The molecule has 0 aliphatic carbocycles. The topological polar surface area (TPSA) is 27.7 Å². The Hall–Kier alpha value is -1.42. The summed E-state index contributed by atoms with van der Waals surface area (Å²) >= 11 is 0. The van der Waals surface area contributed by atoms with Crippen LogP contribution in [-0.2, 0) is 0 Å². The Morgan fingerprint density at radius 3 is 2.72 bits per heavy atom. The summed E-state index contributed by atoms with van der Waals surface area (Å²) in [6, 6.07) is 6.45. The third kappa shape index (κ3) is 2.01. The maximum absolute atomic E-state index is 6.08. The number of ether oxygens (including phenoxy) is 1. The molecule has 0 aromatic heterocycles. The van der Waals surface area contributed by atoms with E-state index in [9.17, 15) is 0 Å². The number of benzene rings is 1. The lowest BCUT2D eigenvalue weighted by molar-refractivity contribution is 0.216. The van der Waals surface area contributed by atoms with Crippen LogP contribution in [0.1, 0.15) is 6.92 Å². The van der Waals surface area contributed by atoms with Gasteiger partial charge in [-0.2, -0.15) is 0 Å². The number of para-hydroxylation sites is 1. The van der Waals surface area contributed by atoms with Crippen molar-refractivity contribution in [1.29, 1.82) is 0 Å². The van der Waals surface area contributed by atoms with Crippen molar-refractivity contribution in [2.75, 3.05) is 49.6 Å². The van der Waals surface area contributed by atoms with Gasteiger partial charge in [0.15, 0.2) is 5.75 Å². The van der Waals surface area contributed by atoms with E-state index in [0.717, 1.165) is 38.5 Å². The minimum Gasteiger partial charge on any atom is -0.485 e. The van der Waals surface area contributed by atoms with Crippen LogP contribution in [0.5, 0.6) is 5.75 Å². The first kappa shape index (κ1) is 11.7. The van der Waals surface area contributed by atoms with Crippen molar-refractivity contribution in [3.63, 3.8) is 0 Å². The van der Waals surface area contributed by atoms with Crippen LogP contribution < -0.4 is 19.9 Å². The van der Waals surface area contributed by atoms with Crippen molar-refractivity contribution >= 4 is 11.4 Å². The molecule has 1 aromatic rings. The summed E-state index contributed by atoms with van der Waals surface area (Å²) in [5, 5.41) is 3.39. The Morgan fingerprint density at radius 1 is 1.22 bits per heavy atom. The molecule has 3 rings (SSSR count). The number of fused-ring (bicyclic) bond motifs is 1. The van der Waals surface area contributed by atoms with Gasteiger partial charge in [0.25, 0.3) is 0 Å². The molecule has 0 amide bonds. The number of nitrogens with one attached hydrogen (secondary N) is 1. The van der Waals surface area contributed by atoms with Crippen LogP contribution in [0.25, 0.3) is 0 Å². The zero-order chi connectivity index (χ0) is 12.5. The van der Waals surface area contributed by atoms with Crippen LogP contribution in [0.3, 0.4) is 0 Å². The van der Waals surface area contributed by atoms with Crippen molar-refractivity contribution in [1.82, 2.24) is 5.32 Å². The van der Waals surface area contributed by atoms with Gasteiger partial charge >= 0.3 is 0 Å². The van der Waals surface area contributed by atoms with E-state index in [4.69, 9.17) is 4.74 Å². The number of likely N-dealkylation sites (N-methyl/N-ethyl adjacent to an activating group) is 1. The van der Waals surface area contributed by atoms with Crippen LogP contribution in [0, 0.1) is 0 Å². The highest BCUT2D eigenvalue weighted by molar-refractivity contribution is 5.74. The van der Waals surface area contributed by atoms with E-state index in [1.807, 2.05) is 0 Å². The van der Waals surface area contributed by atoms with Crippen LogP contribution in [-0.4, -0.2) is 45.9 Å². The Morgan fingerprint density at radius 2 is 1.94 bits per heavy atom. The summed E-state index contributed by atoms with van der Waals surface area (Å²) in [5.41, 5.74) is 2.46. The van der Waals surface area contributed by atoms with Gasteiger partial charge in [-0.3, -0.25) is 0 Å². The van der Waals surface area contributed by atoms with E-state index in [1.54, 1.807) is 0 Å². The van der Waals surface area contributed by atoms with E-state index in [-0.39, 0.29) is 6.10 Å². The monoisotopic (exact) mass is 247 g/mol. The standard InChI is InChI=1S/C14H21N3O/c1-11-10-16(2)12-4-3-5-13(14(12)18-11)17-8-6-15-7-9-17/h3-5,11,15H,6-10H2,1-2H3. The summed E-state index contributed by atoms with van der Waals surface area (Å²) < 4.78 is 6.08. The average molecular weight is 247 g/mol. The molecule has 0 radical (unpaired) electrons. The molecule has 0 spiro atoms. The van der Waals surface area contributed by atoms with Gasteiger partial charge in [-0.15, -0.1) is 0 Å². The average Bonchev–Trinajstić information content (AvgIpc) is 2.39. The summed E-state index contributed by atoms with van der Waals surface area (Å²) in [7, 11) is 2.14. The number of hydrogen-bond acceptors (Lipinski definition) is 4. The predicted molar refractivity (Wildman–Crippen MR) is 74.9 cm³/mol. The molecule has 2 aliphatic heterocycles. The van der Waals surface area contributed by atoms with Crippen molar-refractivity contribution in [2.24, 2.45) is 0 Å². The van der Waals surface area contributed by atoms with E-state index < -0.39 is 0 Å². The van der Waals surface area contributed by atoms with Gasteiger partial charge in [-0.05, 0) is 19.1 Å². The molecule has 2 aliphatic rings. The number of nitrogens with zero attached hydrogens (tertiary/aromatic N) is 2. The molecule has 2 heterocycles. The second kappa shape index (κ2) is 4.69. The molecule has 0 bridgehead atoms. The van der Waals surface area contributed by atoms with Gasteiger partial charge < -0.3 is 19.9 Å². The largest absolute Gasteiger partial charge is 0.485 e. The third-order valence-electron chi connectivity index (χ3n) is 3.69. The highest BCUT2D eigenvalue weighted by Crippen LogP contribution is 2.40. The zero-order valence-corrected chi connectivity index (χ0v) is 11.1. The van der Waals surface area contributed by atoms with Crippen LogP contribution >= 0.6 is 0 Å². The smallest absolute Gasteiger partial charge is 0.166 e. The molecular formula is C14H21N3O. The fourth-order valence-corrected chi connectivity index (χ4v) is 2.81. The molecule has 4 heteroatoms. The zero-order valence-electron chi connectivity index (χ0n) is 11.1. The van der Waals surface area contributed by atoms with E-state index in [1.165, 1.54) is 11.4 Å². The molecule has 0 saturated carbocycles. The Balaban J connectivity index is 1.97. The van der Waals surface area contributed by atoms with Gasteiger partial charge in [0, 0.05) is 33.2 Å². The van der Waals surface area contributed by atoms with Crippen molar-refractivity contribution in [3.8, 4) is 5.75 Å². The molecule has 1 N–H and O–H groups in total. The lowest BCUT2D eigenvalue weighted by atomic mass is 10.1. The molecule has 1 unspecified atom stereocenters. The molecule has 1 fully saturated rings. The maximum atomic E-state index is 6.08. The molecule has 18 heavy (non-hydrogen) atoms. The first-order chi connectivity index (χ1) is 8.75. The second-order valence-electron chi connectivity index (χ2n) is 5.17. The summed E-state index contributed by atoms with van der Waals surface area (Å²) in [4.78, 5) is 4.70. The van der Waals surface area contributed by atoms with Gasteiger partial charge in [0.2, 0.25) is 0 Å². The highest BCUT2D eigenvalue weighted by atomic mass is 16.5. The van der Waals surface area contributed by atoms with Crippen molar-refractivity contribution < 1.29 is 4.74 Å². The fraction of sp³-hybridized carbons (Fsp3) is 0.571. The predicted octanol–water partition coefficient (Wildman–Crippen LogP) is 1.31. The van der Waals surface area contributed by atoms with Gasteiger partial charge in [0.1, 0.15) is 6.10 Å². The fourth-order valence-electron chi connectivity index (χ4n) is 2.81. The van der Waals surface area contributed by atoms with Crippen LogP contribution in [0.2, 0.25) is 0 Å². The van der Waals surface area contributed by atoms with Crippen LogP contribution in [0.4, 0.5) is 11.4 Å². The quantitative estimate of drug-likeness (QED) is 0.810. The molecule has 4 nitrogen and oxygen atoms in total. The molecular weight excluding hydrogens is 226 g/mol. The minimum absolute atomic E-state index is 0.256. The number of piperazine rings is 1. The first-order valence-corrected chi connectivity index (χ1v) is 6.72. The van der Waals surface area contributed by atoms with Crippen LogP contribution in [0.15, 0.2) is 18.2 Å². The highest BCUT2D eigenvalue weighted by Gasteiger charge is 2.25. The third-order valence-corrected chi connectivity index (χ3v) is 3.69. The molecule has 1 saturated heterocycles. The Bertz CT molecular complexity index is 429. The van der Waals surface area contributed by atoms with E-state index in [0.29, 0.717) is 0 Å². The maximum Gasteiger partial charge on any atom is 0.166 e. The molecule has 98 valence electrons. The van der Waals surface area contributed by atoms with Gasteiger partial charge in [-0.1, -0.05) is 6.07 Å². The minimum atomic E-state index is 0.256. The number of rotatable bonds is 1. The van der Waals surface area contributed by atoms with Crippen molar-refractivity contribution in [3.05, 3.63) is 18.2 Å². The number of anilines is 2. The second-order valence-corrected chi connectivity index (χ2v) is 5.17. The molecule has 1 atom stereocenters. The summed E-state index contributed by atoms with van der Waals surface area (Å²) in [6.07, 6.45) is 0.256. The summed E-state index contributed by atoms with van der Waals surface area (Å²) in [6.45, 7) is 7.30. The van der Waals surface area contributed by atoms with E-state index in [2.05, 4.69) is 47.3 Å². The Labute approximate surface area is 109 Å². The summed E-state index contributed by atoms with van der Waals surface area (Å²) in [5.74, 6) is 1.06. The normalized spacial score (nSPS) is 23.6. The first-order valence-electron chi connectivity index (χ1n) is 6.72. The lowest BCUT2D eigenvalue weighted by Crippen LogP contribution is -2.44. The number of hydrogen-bond donors (Lipinski definition) is 1. The van der Waals surface area contributed by atoms with Gasteiger partial charge in [0.05, 0.1) is 17.9 Å². The molecule has 1 aromatic carbocycles. The SMILES string of the molecule is CC1CN(C)c2cccc(N3CCNCC3)c2O1. The lowest BCUT2D eigenvalue weighted by Gasteiger charge is -2.37. The Kier molecular flexibility index (Phi) is 3.04.